The Morgan fingerprint density at radius 1 is 0.390 bits per heavy atom. The molecular formula is C36H33N2P3. The van der Waals surface area contributed by atoms with E-state index < -0.39 is 14.0 Å². The first-order chi connectivity index (χ1) is 20.2. The number of nitrogens with zero attached hydrogens (tertiary/aromatic N) is 1. The van der Waals surface area contributed by atoms with Gasteiger partial charge in [-0.15, -0.1) is 0 Å². The van der Waals surface area contributed by atoms with Gasteiger partial charge in [-0.3, -0.25) is 0 Å². The van der Waals surface area contributed by atoms with Gasteiger partial charge in [0.1, 0.15) is 0 Å². The van der Waals surface area contributed by atoms with Gasteiger partial charge >= 0.3 is 247 Å². The molecule has 1 N–H and O–H groups in total. The average molecular weight is 587 g/mol. The SMILES string of the molecule is PNP(N=P(c1ccccc1)(c1ccccc1)c1ccccc1)(c1ccccc1)(c1ccccc1)c1ccccc1. The molecule has 0 aromatic heterocycles. The fourth-order valence-electron chi connectivity index (χ4n) is 5.81. The van der Waals surface area contributed by atoms with Crippen molar-refractivity contribution in [3.05, 3.63) is 182 Å². The minimum absolute atomic E-state index is 1.16. The molecule has 6 aromatic rings. The summed E-state index contributed by atoms with van der Waals surface area (Å²) in [6, 6.07) is 65.2. The summed E-state index contributed by atoms with van der Waals surface area (Å²) in [5, 5.41) is 7.15. The van der Waals surface area contributed by atoms with Gasteiger partial charge in [-0.05, 0) is 0 Å². The Kier molecular flexibility index (Phi) is 7.86. The summed E-state index contributed by atoms with van der Waals surface area (Å²) >= 11 is 0. The Hall–Kier alpha value is -3.63. The number of rotatable bonds is 8. The van der Waals surface area contributed by atoms with Gasteiger partial charge in [0.25, 0.3) is 0 Å². The zero-order valence-electron chi connectivity index (χ0n) is 22.7. The Labute approximate surface area is 245 Å². The van der Waals surface area contributed by atoms with Crippen LogP contribution in [-0.4, -0.2) is 0 Å². The standard InChI is InChI=1S/C36H33N2P3/c39-37-41(34-25-13-4-14-26-34,35-27-15-5-16-28-35,36-29-17-6-18-30-36)38-40(31-19-7-1-8-20-31,32-21-9-2-10-22-32)33-23-11-3-12-24-33/h1-30,37H,39H2. The fourth-order valence-corrected chi connectivity index (χ4v) is 18.8. The van der Waals surface area contributed by atoms with Crippen LogP contribution in [0.25, 0.3) is 0 Å². The predicted molar refractivity (Wildman–Crippen MR) is 186 cm³/mol. The van der Waals surface area contributed by atoms with Crippen LogP contribution in [0.15, 0.2) is 187 Å². The number of benzene rings is 6. The number of nitrogens with one attached hydrogen (secondary N) is 1. The van der Waals surface area contributed by atoms with Crippen molar-refractivity contribution in [1.29, 1.82) is 0 Å². The Balaban J connectivity index is 1.97. The molecule has 0 fully saturated rings. The van der Waals surface area contributed by atoms with Gasteiger partial charge in [-0.2, -0.15) is 0 Å². The summed E-state index contributed by atoms with van der Waals surface area (Å²) < 4.78 is 6.52. The van der Waals surface area contributed by atoms with E-state index in [0.717, 1.165) is 15.9 Å². The second-order valence-corrected chi connectivity index (χ2v) is 18.2. The van der Waals surface area contributed by atoms with Crippen LogP contribution in [0.4, 0.5) is 0 Å². The second-order valence-electron chi connectivity index (χ2n) is 9.94. The molecule has 0 saturated carbocycles. The number of hydrogen-bond donors (Lipinski definition) is 1. The summed E-state index contributed by atoms with van der Waals surface area (Å²) in [6.45, 7) is -3.78. The first-order valence-corrected chi connectivity index (χ1v) is 18.2. The quantitative estimate of drug-likeness (QED) is 0.193. The van der Waals surface area contributed by atoms with Gasteiger partial charge in [0.15, 0.2) is 0 Å². The summed E-state index contributed by atoms with van der Waals surface area (Å²) in [5.74, 6) is 0. The molecule has 202 valence electrons. The maximum absolute atomic E-state index is 6.52. The molecule has 1 unspecified atom stereocenters. The van der Waals surface area contributed by atoms with Gasteiger partial charge in [-0.1, -0.05) is 0 Å². The van der Waals surface area contributed by atoms with Crippen LogP contribution >= 0.6 is 23.3 Å². The van der Waals surface area contributed by atoms with E-state index in [1.54, 1.807) is 0 Å². The van der Waals surface area contributed by atoms with Crippen molar-refractivity contribution < 1.29 is 0 Å². The third kappa shape index (κ3) is 4.53. The van der Waals surface area contributed by atoms with E-state index >= 15 is 0 Å². The topological polar surface area (TPSA) is 24.4 Å². The van der Waals surface area contributed by atoms with E-state index in [1.807, 2.05) is 0 Å². The Bertz CT molecular complexity index is 1560. The molecule has 0 aliphatic heterocycles. The molecular weight excluding hydrogens is 553 g/mol. The molecule has 0 saturated heterocycles. The van der Waals surface area contributed by atoms with Crippen LogP contribution in [0.3, 0.4) is 0 Å². The summed E-state index contributed by atoms with van der Waals surface area (Å²) in [6.07, 6.45) is 0. The molecule has 0 aliphatic carbocycles. The predicted octanol–water partition coefficient (Wildman–Crippen LogP) is 6.90. The van der Waals surface area contributed by atoms with E-state index in [9.17, 15) is 0 Å². The summed E-state index contributed by atoms with van der Waals surface area (Å²) in [4.78, 5) is 3.95. The molecule has 2 nitrogen and oxygen atoms in total. The van der Waals surface area contributed by atoms with Crippen LogP contribution in [0.1, 0.15) is 0 Å². The average Bonchev–Trinajstić information content (AvgIpc) is 3.08. The van der Waals surface area contributed by atoms with Crippen molar-refractivity contribution in [2.45, 2.75) is 0 Å². The molecule has 0 bridgehead atoms. The van der Waals surface area contributed by atoms with Crippen molar-refractivity contribution in [2.75, 3.05) is 0 Å². The monoisotopic (exact) mass is 586 g/mol. The Morgan fingerprint density at radius 3 is 0.878 bits per heavy atom. The summed E-state index contributed by atoms with van der Waals surface area (Å²) in [5.41, 5.74) is 0. The van der Waals surface area contributed by atoms with E-state index in [0.29, 0.717) is 0 Å². The van der Waals surface area contributed by atoms with Crippen molar-refractivity contribution in [3.63, 3.8) is 0 Å². The van der Waals surface area contributed by atoms with E-state index in [2.05, 4.69) is 196 Å². The Morgan fingerprint density at radius 2 is 0.634 bits per heavy atom. The molecule has 5 heteroatoms. The van der Waals surface area contributed by atoms with Crippen molar-refractivity contribution >= 4 is 55.2 Å². The van der Waals surface area contributed by atoms with Crippen LogP contribution in [0.2, 0.25) is 0 Å². The molecule has 1 atom stereocenters. The van der Waals surface area contributed by atoms with Crippen molar-refractivity contribution in [3.8, 4) is 0 Å². The first kappa shape index (κ1) is 27.5. The van der Waals surface area contributed by atoms with E-state index in [-0.39, 0.29) is 0 Å². The van der Waals surface area contributed by atoms with Crippen molar-refractivity contribution in [1.82, 2.24) is 4.86 Å². The van der Waals surface area contributed by atoms with Gasteiger partial charge in [0, 0.05) is 0 Å². The molecule has 0 radical (unpaired) electrons. The minimum atomic E-state index is -3.78. The molecule has 0 spiro atoms. The van der Waals surface area contributed by atoms with Gasteiger partial charge in [-0.25, -0.2) is 0 Å². The third-order valence-electron chi connectivity index (χ3n) is 7.73. The summed E-state index contributed by atoms with van der Waals surface area (Å²) in [7, 11) is 0.274. The van der Waals surface area contributed by atoms with Gasteiger partial charge in [0.05, 0.1) is 0 Å². The van der Waals surface area contributed by atoms with Gasteiger partial charge < -0.3 is 0 Å². The van der Waals surface area contributed by atoms with Crippen molar-refractivity contribution in [2.24, 2.45) is 4.52 Å². The zero-order valence-corrected chi connectivity index (χ0v) is 25.7. The number of hydrogen-bond acceptors (Lipinski definition) is 2. The van der Waals surface area contributed by atoms with E-state index in [1.165, 1.54) is 15.9 Å². The third-order valence-corrected chi connectivity index (χ3v) is 19.3. The molecule has 0 heterocycles. The molecule has 0 aliphatic rings. The van der Waals surface area contributed by atoms with Crippen LogP contribution in [-0.2, 0) is 0 Å². The van der Waals surface area contributed by atoms with E-state index in [4.69, 9.17) is 4.52 Å². The van der Waals surface area contributed by atoms with Crippen LogP contribution in [0, 0.1) is 0 Å². The fraction of sp³-hybridized carbons (Fsp3) is 0. The normalized spacial score (nSPS) is 12.7. The molecule has 6 aromatic carbocycles. The van der Waals surface area contributed by atoms with Gasteiger partial charge in [0.2, 0.25) is 0 Å². The van der Waals surface area contributed by atoms with Crippen LogP contribution in [0.5, 0.6) is 0 Å². The zero-order chi connectivity index (χ0) is 28.0. The first-order valence-electron chi connectivity index (χ1n) is 13.7. The van der Waals surface area contributed by atoms with Crippen LogP contribution < -0.4 is 36.7 Å². The molecule has 0 amide bonds. The maximum atomic E-state index is 6.52. The second kappa shape index (κ2) is 11.7. The molecule has 41 heavy (non-hydrogen) atoms. The molecule has 6 rings (SSSR count).